The van der Waals surface area contributed by atoms with E-state index in [0.29, 0.717) is 24.1 Å². The van der Waals surface area contributed by atoms with Crippen LogP contribution < -0.4 is 9.47 Å². The van der Waals surface area contributed by atoms with E-state index in [2.05, 4.69) is 19.9 Å². The molecular formula is C49H74N6O8S2. The fourth-order valence-electron chi connectivity index (χ4n) is 9.64. The van der Waals surface area contributed by atoms with Gasteiger partial charge in [-0.15, -0.1) is 22.7 Å². The summed E-state index contributed by atoms with van der Waals surface area (Å²) >= 11 is 3.43. The molecule has 0 unspecified atom stereocenters. The number of aliphatic hydroxyl groups is 1. The molecular weight excluding hydrogens is 865 g/mol. The molecule has 65 heavy (non-hydrogen) atoms. The number of aliphatic hydroxyl groups excluding tert-OH is 1. The number of thiophene rings is 2. The minimum atomic E-state index is -0.494. The third-order valence-corrected chi connectivity index (χ3v) is 15.0. The largest absolute Gasteiger partial charge is 0.474 e. The predicted molar refractivity (Wildman–Crippen MR) is 259 cm³/mol. The van der Waals surface area contributed by atoms with Crippen molar-refractivity contribution in [2.45, 2.75) is 207 Å². The van der Waals surface area contributed by atoms with Crippen molar-refractivity contribution < 1.29 is 38.4 Å². The van der Waals surface area contributed by atoms with Crippen LogP contribution in [0.15, 0.2) is 12.7 Å². The Morgan fingerprint density at radius 2 is 1.09 bits per heavy atom. The maximum Gasteiger partial charge on any atom is 0.410 e. The van der Waals surface area contributed by atoms with Crippen molar-refractivity contribution in [2.24, 2.45) is 0 Å². The van der Waals surface area contributed by atoms with Crippen molar-refractivity contribution in [3.63, 3.8) is 0 Å². The Balaban J connectivity index is 0.000000237. The Bertz CT molecular complexity index is 2230. The van der Waals surface area contributed by atoms with E-state index in [1.54, 1.807) is 45.1 Å². The van der Waals surface area contributed by atoms with Crippen molar-refractivity contribution in [1.29, 1.82) is 0 Å². The highest BCUT2D eigenvalue weighted by molar-refractivity contribution is 7.19. The SMILES string of the molecule is C.C.CN(C(=O)OC(C)(C)C)C1CCC(Oc2ncnc3sc4c(c23)[C@@H](CC=O)CC4)CC1.C[C@@H](O)C[C@H]1CCc2sc3ncnc(OC4CCC(N(C)C(=O)OC(C)(C)C)CC4)c3c21. The van der Waals surface area contributed by atoms with Crippen LogP contribution in [-0.2, 0) is 27.1 Å². The highest BCUT2D eigenvalue weighted by atomic mass is 32.1. The van der Waals surface area contributed by atoms with Gasteiger partial charge in [-0.2, -0.15) is 0 Å². The molecule has 2 saturated carbocycles. The van der Waals surface area contributed by atoms with Gasteiger partial charge in [0.25, 0.3) is 0 Å². The van der Waals surface area contributed by atoms with Crippen LogP contribution in [0.2, 0.25) is 0 Å². The minimum absolute atomic E-state index is 0. The average Bonchev–Trinajstić information content (AvgIpc) is 3.99. The van der Waals surface area contributed by atoms with E-state index >= 15 is 0 Å². The number of aromatic nitrogens is 4. The number of rotatable bonds is 10. The Labute approximate surface area is 394 Å². The highest BCUT2D eigenvalue weighted by Crippen LogP contribution is 2.49. The fourth-order valence-corrected chi connectivity index (χ4v) is 12.1. The van der Waals surface area contributed by atoms with Gasteiger partial charge in [-0.25, -0.2) is 29.5 Å². The van der Waals surface area contributed by atoms with Gasteiger partial charge in [-0.3, -0.25) is 0 Å². The van der Waals surface area contributed by atoms with Gasteiger partial charge < -0.3 is 38.6 Å². The Kier molecular flexibility index (Phi) is 17.3. The maximum absolute atomic E-state index is 12.4. The lowest BCUT2D eigenvalue weighted by Gasteiger charge is -2.35. The molecule has 1 N–H and O–H groups in total. The predicted octanol–water partition coefficient (Wildman–Crippen LogP) is 11.2. The zero-order chi connectivity index (χ0) is 45.2. The topological polar surface area (TPSA) is 166 Å². The van der Waals surface area contributed by atoms with Gasteiger partial charge in [0.1, 0.15) is 52.0 Å². The molecule has 4 aliphatic carbocycles. The van der Waals surface area contributed by atoms with Crippen LogP contribution in [0.4, 0.5) is 9.59 Å². The summed E-state index contributed by atoms with van der Waals surface area (Å²) in [6.45, 7) is 13.2. The first-order chi connectivity index (χ1) is 29.9. The van der Waals surface area contributed by atoms with E-state index in [4.69, 9.17) is 18.9 Å². The third-order valence-electron chi connectivity index (χ3n) is 12.7. The molecule has 0 spiro atoms. The first kappa shape index (κ1) is 51.8. The van der Waals surface area contributed by atoms with Crippen molar-refractivity contribution in [1.82, 2.24) is 29.7 Å². The number of aldehydes is 1. The molecule has 4 aromatic rings. The minimum Gasteiger partial charge on any atom is -0.474 e. The lowest BCUT2D eigenvalue weighted by atomic mass is 9.92. The molecule has 3 atom stereocenters. The summed E-state index contributed by atoms with van der Waals surface area (Å²) < 4.78 is 23.8. The van der Waals surface area contributed by atoms with Gasteiger partial charge in [-0.05, 0) is 155 Å². The van der Waals surface area contributed by atoms with Crippen LogP contribution >= 0.6 is 22.7 Å². The normalized spacial score (nSPS) is 23.1. The molecule has 0 radical (unpaired) electrons. The first-order valence-corrected chi connectivity index (χ1v) is 24.4. The molecule has 0 saturated heterocycles. The number of carbonyl (C=O) groups excluding carboxylic acids is 3. The number of ether oxygens (including phenoxy) is 4. The molecule has 0 aromatic carbocycles. The van der Waals surface area contributed by atoms with E-state index in [9.17, 15) is 19.5 Å². The number of amides is 2. The number of fused-ring (bicyclic) bond motifs is 6. The standard InChI is InChI=1S/C24H35N3O4S.C23H31N3O4S.2CH4/c1-14(28)12-15-6-11-18-19(15)20-21(25-13-26-22(20)32-18)30-17-9-7-16(8-10-17)27(5)23(29)31-24(2,3)4;1-23(2,3)30-22(28)26(4)15-6-8-16(9-7-15)29-20-19-18-14(11-12-27)5-10-17(18)31-21(19)25-13-24-20;;/h13-17,28H,6-12H2,1-5H3;12-16H,5-11H2,1-4H3;2*1H4/t14-,15-,16?,17?;14-,15?,16?;;/m11../s1. The number of nitrogens with zero attached hydrogens (tertiary/aromatic N) is 6. The van der Waals surface area contributed by atoms with E-state index < -0.39 is 11.2 Å². The third kappa shape index (κ3) is 12.4. The van der Waals surface area contributed by atoms with Crippen LogP contribution in [0.5, 0.6) is 11.8 Å². The van der Waals surface area contributed by atoms with Gasteiger partial charge in [-0.1, -0.05) is 14.9 Å². The molecule has 2 amide bonds. The second-order valence-electron chi connectivity index (χ2n) is 19.8. The van der Waals surface area contributed by atoms with Crippen molar-refractivity contribution in [2.75, 3.05) is 14.1 Å². The summed E-state index contributed by atoms with van der Waals surface area (Å²) in [7, 11) is 3.64. The van der Waals surface area contributed by atoms with Crippen LogP contribution in [-0.4, -0.2) is 109 Å². The summed E-state index contributed by atoms with van der Waals surface area (Å²) in [6, 6.07) is 0.318. The molecule has 8 rings (SSSR count). The van der Waals surface area contributed by atoms with Crippen molar-refractivity contribution in [3.05, 3.63) is 33.5 Å². The van der Waals surface area contributed by atoms with Crippen LogP contribution in [0.25, 0.3) is 20.4 Å². The molecule has 4 aromatic heterocycles. The Morgan fingerprint density at radius 3 is 1.48 bits per heavy atom. The quantitative estimate of drug-likeness (QED) is 0.150. The van der Waals surface area contributed by atoms with Crippen LogP contribution in [0.1, 0.15) is 173 Å². The maximum atomic E-state index is 12.4. The summed E-state index contributed by atoms with van der Waals surface area (Å²) in [5, 5.41) is 12.0. The van der Waals surface area contributed by atoms with Gasteiger partial charge in [0.15, 0.2) is 0 Å². The first-order valence-electron chi connectivity index (χ1n) is 22.8. The lowest BCUT2D eigenvalue weighted by molar-refractivity contribution is -0.108. The van der Waals surface area contributed by atoms with Crippen molar-refractivity contribution >= 4 is 61.6 Å². The van der Waals surface area contributed by atoms with Crippen LogP contribution in [0, 0.1) is 0 Å². The number of hydrogen-bond acceptors (Lipinski definition) is 14. The smallest absolute Gasteiger partial charge is 0.410 e. The Morgan fingerprint density at radius 1 is 0.692 bits per heavy atom. The number of carbonyl (C=O) groups is 3. The highest BCUT2D eigenvalue weighted by Gasteiger charge is 2.35. The zero-order valence-electron chi connectivity index (χ0n) is 38.5. The van der Waals surface area contributed by atoms with Crippen LogP contribution in [0.3, 0.4) is 0 Å². The number of hydrogen-bond donors (Lipinski definition) is 1. The molecule has 14 nitrogen and oxygen atoms in total. The second-order valence-corrected chi connectivity index (χ2v) is 22.0. The van der Waals surface area contributed by atoms with E-state index in [1.807, 2.05) is 62.6 Å². The molecule has 0 bridgehead atoms. The molecule has 2 fully saturated rings. The van der Waals surface area contributed by atoms with Gasteiger partial charge >= 0.3 is 12.2 Å². The van der Waals surface area contributed by atoms with Gasteiger partial charge in [0, 0.05) is 42.4 Å². The van der Waals surface area contributed by atoms with E-state index in [0.717, 1.165) is 110 Å². The summed E-state index contributed by atoms with van der Waals surface area (Å²) in [5.74, 6) is 1.90. The average molecular weight is 939 g/mol. The van der Waals surface area contributed by atoms with E-state index in [1.165, 1.54) is 20.9 Å². The molecule has 4 aliphatic rings. The second kappa shape index (κ2) is 21.6. The molecule has 16 heteroatoms. The zero-order valence-corrected chi connectivity index (χ0v) is 40.1. The lowest BCUT2D eigenvalue weighted by Crippen LogP contribution is -2.43. The fraction of sp³-hybridized carbons (Fsp3) is 0.694. The van der Waals surface area contributed by atoms with Gasteiger partial charge in [0.05, 0.1) is 16.9 Å². The van der Waals surface area contributed by atoms with E-state index in [-0.39, 0.29) is 63.4 Å². The number of aryl methyl sites for hydroxylation is 2. The summed E-state index contributed by atoms with van der Waals surface area (Å²) in [6.07, 6.45) is 15.8. The molecule has 4 heterocycles. The molecule has 0 aliphatic heterocycles. The summed E-state index contributed by atoms with van der Waals surface area (Å²) in [4.78, 5) is 61.9. The van der Waals surface area contributed by atoms with Gasteiger partial charge in [0.2, 0.25) is 11.8 Å². The Hall–Kier alpha value is -4.15. The molecule has 360 valence electrons. The van der Waals surface area contributed by atoms with Crippen molar-refractivity contribution in [3.8, 4) is 11.8 Å². The monoisotopic (exact) mass is 939 g/mol. The summed E-state index contributed by atoms with van der Waals surface area (Å²) in [5.41, 5.74) is 1.53.